The van der Waals surface area contributed by atoms with E-state index >= 15 is 0 Å². The lowest BCUT2D eigenvalue weighted by molar-refractivity contribution is 0.148. The first kappa shape index (κ1) is 13.9. The molecule has 0 saturated carbocycles. The maximum atomic E-state index is 3.50. The molecule has 0 spiro atoms. The molecular weight excluding hydrogens is 288 g/mol. The summed E-state index contributed by atoms with van der Waals surface area (Å²) in [7, 11) is 0. The number of halogens is 1. The van der Waals surface area contributed by atoms with Gasteiger partial charge in [0.2, 0.25) is 0 Å². The summed E-state index contributed by atoms with van der Waals surface area (Å²) in [4.78, 5) is 5.09. The van der Waals surface area contributed by atoms with Gasteiger partial charge in [0, 0.05) is 41.4 Å². The number of hydrogen-bond donors (Lipinski definition) is 0. The van der Waals surface area contributed by atoms with Crippen molar-refractivity contribution < 1.29 is 0 Å². The highest BCUT2D eigenvalue weighted by Gasteiger charge is 2.34. The number of rotatable bonds is 2. The van der Waals surface area contributed by atoms with E-state index in [4.69, 9.17) is 0 Å². The third kappa shape index (κ3) is 2.89. The molecule has 1 aromatic rings. The summed E-state index contributed by atoms with van der Waals surface area (Å²) in [6.45, 7) is 12.6. The lowest BCUT2D eigenvalue weighted by Crippen LogP contribution is -2.60. The lowest BCUT2D eigenvalue weighted by Gasteiger charge is -2.49. The zero-order chi connectivity index (χ0) is 13.3. The molecule has 1 heterocycles. The van der Waals surface area contributed by atoms with Gasteiger partial charge in [-0.25, -0.2) is 0 Å². The second kappa shape index (κ2) is 5.22. The Morgan fingerprint density at radius 1 is 1.11 bits per heavy atom. The molecule has 0 aliphatic carbocycles. The van der Waals surface area contributed by atoms with Gasteiger partial charge in [-0.3, -0.25) is 4.90 Å². The molecule has 1 aliphatic rings. The van der Waals surface area contributed by atoms with Crippen LogP contribution >= 0.6 is 15.9 Å². The number of anilines is 1. The molecular formula is C15H23BrN2. The molecule has 1 fully saturated rings. The number of nitrogens with zero attached hydrogens (tertiary/aromatic N) is 2. The Labute approximate surface area is 119 Å². The minimum absolute atomic E-state index is 0.191. The van der Waals surface area contributed by atoms with Crippen LogP contribution in [0.4, 0.5) is 5.69 Å². The van der Waals surface area contributed by atoms with Gasteiger partial charge in [-0.1, -0.05) is 15.9 Å². The van der Waals surface area contributed by atoms with Gasteiger partial charge in [0.1, 0.15) is 0 Å². The van der Waals surface area contributed by atoms with E-state index in [-0.39, 0.29) is 5.54 Å². The number of benzene rings is 1. The zero-order valence-electron chi connectivity index (χ0n) is 11.8. The van der Waals surface area contributed by atoms with E-state index < -0.39 is 0 Å². The highest BCUT2D eigenvalue weighted by Crippen LogP contribution is 2.29. The highest BCUT2D eigenvalue weighted by atomic mass is 79.9. The van der Waals surface area contributed by atoms with Crippen molar-refractivity contribution >= 4 is 21.6 Å². The molecule has 2 nitrogen and oxygen atoms in total. The summed E-state index contributed by atoms with van der Waals surface area (Å²) >= 11 is 3.50. The summed E-state index contributed by atoms with van der Waals surface area (Å²) in [5.41, 5.74) is 1.52. The summed E-state index contributed by atoms with van der Waals surface area (Å²) < 4.78 is 1.14. The van der Waals surface area contributed by atoms with E-state index in [1.54, 1.807) is 0 Å². The van der Waals surface area contributed by atoms with Crippen LogP contribution in [0.25, 0.3) is 0 Å². The van der Waals surface area contributed by atoms with E-state index in [2.05, 4.69) is 77.7 Å². The van der Waals surface area contributed by atoms with Gasteiger partial charge in [0.15, 0.2) is 0 Å². The molecule has 0 amide bonds. The average Bonchev–Trinajstić information content (AvgIpc) is 2.29. The van der Waals surface area contributed by atoms with Crippen molar-refractivity contribution in [3.05, 3.63) is 28.7 Å². The van der Waals surface area contributed by atoms with Crippen molar-refractivity contribution in [2.45, 2.75) is 39.3 Å². The monoisotopic (exact) mass is 310 g/mol. The Balaban J connectivity index is 2.17. The number of piperazine rings is 1. The highest BCUT2D eigenvalue weighted by molar-refractivity contribution is 9.10. The van der Waals surface area contributed by atoms with Crippen molar-refractivity contribution in [3.8, 4) is 0 Å². The maximum Gasteiger partial charge on any atom is 0.0473 e. The first-order valence-corrected chi connectivity index (χ1v) is 7.47. The van der Waals surface area contributed by atoms with Crippen LogP contribution in [-0.4, -0.2) is 36.1 Å². The minimum Gasteiger partial charge on any atom is -0.364 e. The molecule has 0 unspecified atom stereocenters. The minimum atomic E-state index is 0.191. The predicted octanol–water partition coefficient (Wildman–Crippen LogP) is 3.76. The van der Waals surface area contributed by atoms with Crippen molar-refractivity contribution in [1.82, 2.24) is 4.90 Å². The summed E-state index contributed by atoms with van der Waals surface area (Å²) in [5.74, 6) is 0. The topological polar surface area (TPSA) is 6.48 Å². The summed E-state index contributed by atoms with van der Waals surface area (Å²) in [6.07, 6.45) is 0. The Bertz CT molecular complexity index is 397. The molecule has 0 N–H and O–H groups in total. The maximum absolute atomic E-state index is 3.50. The Morgan fingerprint density at radius 3 is 2.22 bits per heavy atom. The van der Waals surface area contributed by atoms with Crippen LogP contribution < -0.4 is 4.90 Å². The van der Waals surface area contributed by atoms with Crippen LogP contribution in [0.5, 0.6) is 0 Å². The molecule has 1 saturated heterocycles. The Morgan fingerprint density at radius 2 is 1.72 bits per heavy atom. The molecule has 2 rings (SSSR count). The van der Waals surface area contributed by atoms with Crippen molar-refractivity contribution in [2.75, 3.05) is 24.5 Å². The van der Waals surface area contributed by atoms with Gasteiger partial charge in [-0.2, -0.15) is 0 Å². The van der Waals surface area contributed by atoms with Gasteiger partial charge in [0.05, 0.1) is 0 Å². The third-order valence-corrected chi connectivity index (χ3v) is 4.33. The lowest BCUT2D eigenvalue weighted by atomic mass is 9.97. The molecule has 3 heteroatoms. The van der Waals surface area contributed by atoms with Gasteiger partial charge in [-0.05, 0) is 52.0 Å². The zero-order valence-corrected chi connectivity index (χ0v) is 13.4. The van der Waals surface area contributed by atoms with Crippen molar-refractivity contribution in [3.63, 3.8) is 0 Å². The van der Waals surface area contributed by atoms with Gasteiger partial charge in [-0.15, -0.1) is 0 Å². The standard InChI is InChI=1S/C15H23BrN2/c1-12(2)17-9-10-18(15(3,4)11-17)14-7-5-13(16)6-8-14/h5-8,12H,9-11H2,1-4H3. The third-order valence-electron chi connectivity index (χ3n) is 3.80. The second-order valence-corrected chi connectivity index (χ2v) is 6.92. The fraction of sp³-hybridized carbons (Fsp3) is 0.600. The number of hydrogen-bond acceptors (Lipinski definition) is 2. The fourth-order valence-corrected chi connectivity index (χ4v) is 3.00. The molecule has 0 radical (unpaired) electrons. The molecule has 1 aromatic carbocycles. The van der Waals surface area contributed by atoms with E-state index in [9.17, 15) is 0 Å². The summed E-state index contributed by atoms with van der Waals surface area (Å²) in [6, 6.07) is 9.30. The van der Waals surface area contributed by atoms with Gasteiger partial charge in [0.25, 0.3) is 0 Å². The van der Waals surface area contributed by atoms with Crippen LogP contribution in [0.15, 0.2) is 28.7 Å². The van der Waals surface area contributed by atoms with E-state index in [0.717, 1.165) is 24.1 Å². The van der Waals surface area contributed by atoms with Gasteiger partial charge >= 0.3 is 0 Å². The smallest absolute Gasteiger partial charge is 0.0473 e. The SMILES string of the molecule is CC(C)N1CCN(c2ccc(Br)cc2)C(C)(C)C1. The van der Waals surface area contributed by atoms with E-state index in [1.165, 1.54) is 5.69 Å². The largest absolute Gasteiger partial charge is 0.364 e. The second-order valence-electron chi connectivity index (χ2n) is 6.00. The molecule has 100 valence electrons. The average molecular weight is 311 g/mol. The van der Waals surface area contributed by atoms with E-state index in [1.807, 2.05) is 0 Å². The van der Waals surface area contributed by atoms with Crippen molar-refractivity contribution in [2.24, 2.45) is 0 Å². The quantitative estimate of drug-likeness (QED) is 0.820. The molecule has 18 heavy (non-hydrogen) atoms. The Hall–Kier alpha value is -0.540. The van der Waals surface area contributed by atoms with Gasteiger partial charge < -0.3 is 4.90 Å². The van der Waals surface area contributed by atoms with Crippen LogP contribution in [-0.2, 0) is 0 Å². The molecule has 1 aliphatic heterocycles. The molecule has 0 aromatic heterocycles. The van der Waals surface area contributed by atoms with Crippen LogP contribution in [0.2, 0.25) is 0 Å². The molecule has 0 atom stereocenters. The van der Waals surface area contributed by atoms with E-state index in [0.29, 0.717) is 6.04 Å². The fourth-order valence-electron chi connectivity index (χ4n) is 2.73. The van der Waals surface area contributed by atoms with Crippen LogP contribution in [0.3, 0.4) is 0 Å². The molecule has 0 bridgehead atoms. The Kier molecular flexibility index (Phi) is 4.02. The first-order chi connectivity index (χ1) is 8.40. The first-order valence-electron chi connectivity index (χ1n) is 6.67. The predicted molar refractivity (Wildman–Crippen MR) is 82.3 cm³/mol. The summed E-state index contributed by atoms with van der Waals surface area (Å²) in [5, 5.41) is 0. The van der Waals surface area contributed by atoms with Crippen LogP contribution in [0, 0.1) is 0 Å². The van der Waals surface area contributed by atoms with Crippen molar-refractivity contribution in [1.29, 1.82) is 0 Å². The normalized spacial score (nSPS) is 20.4. The van der Waals surface area contributed by atoms with Crippen LogP contribution in [0.1, 0.15) is 27.7 Å².